The second kappa shape index (κ2) is 7.91. The molecule has 0 fully saturated rings. The lowest BCUT2D eigenvalue weighted by Gasteiger charge is -2.12. The van der Waals surface area contributed by atoms with Crippen LogP contribution < -0.4 is 20.1 Å². The fourth-order valence-corrected chi connectivity index (χ4v) is 2.55. The summed E-state index contributed by atoms with van der Waals surface area (Å²) in [6.45, 7) is 4.53. The van der Waals surface area contributed by atoms with Crippen LogP contribution in [-0.4, -0.2) is 24.6 Å². The van der Waals surface area contributed by atoms with Gasteiger partial charge in [0.25, 0.3) is 11.8 Å². The summed E-state index contributed by atoms with van der Waals surface area (Å²) in [6, 6.07) is 12.3. The molecule has 2 aromatic carbocycles. The van der Waals surface area contributed by atoms with Crippen LogP contribution in [0.3, 0.4) is 0 Å². The average molecular weight is 354 g/mol. The molecule has 0 saturated heterocycles. The van der Waals surface area contributed by atoms with E-state index in [1.54, 1.807) is 24.3 Å². The van der Waals surface area contributed by atoms with Crippen molar-refractivity contribution in [3.05, 3.63) is 59.2 Å². The van der Waals surface area contributed by atoms with Crippen LogP contribution in [0.15, 0.2) is 42.5 Å². The zero-order chi connectivity index (χ0) is 18.5. The molecule has 0 spiro atoms. The molecule has 6 heteroatoms. The van der Waals surface area contributed by atoms with Gasteiger partial charge in [0.1, 0.15) is 0 Å². The highest BCUT2D eigenvalue weighted by atomic mass is 16.7. The summed E-state index contributed by atoms with van der Waals surface area (Å²) in [5, 5.41) is 5.75. The van der Waals surface area contributed by atoms with Gasteiger partial charge in [0.05, 0.1) is 0 Å². The van der Waals surface area contributed by atoms with Crippen molar-refractivity contribution in [2.24, 2.45) is 0 Å². The Morgan fingerprint density at radius 3 is 2.54 bits per heavy atom. The zero-order valence-corrected chi connectivity index (χ0v) is 14.9. The quantitative estimate of drug-likeness (QED) is 0.836. The summed E-state index contributed by atoms with van der Waals surface area (Å²) >= 11 is 0. The third-order valence-corrected chi connectivity index (χ3v) is 4.27. The Morgan fingerprint density at radius 2 is 1.77 bits per heavy atom. The number of nitrogens with one attached hydrogen (secondary N) is 2. The molecule has 26 heavy (non-hydrogen) atoms. The van der Waals surface area contributed by atoms with Gasteiger partial charge in [0.2, 0.25) is 6.79 Å². The second-order valence-corrected chi connectivity index (χ2v) is 6.23. The normalized spacial score (nSPS) is 13.2. The van der Waals surface area contributed by atoms with Crippen molar-refractivity contribution in [3.63, 3.8) is 0 Å². The van der Waals surface area contributed by atoms with Gasteiger partial charge in [-0.2, -0.15) is 0 Å². The summed E-state index contributed by atoms with van der Waals surface area (Å²) < 4.78 is 10.6. The van der Waals surface area contributed by atoms with Crippen molar-refractivity contribution >= 4 is 11.8 Å². The van der Waals surface area contributed by atoms with E-state index in [1.165, 1.54) is 0 Å². The van der Waals surface area contributed by atoms with Crippen LogP contribution in [0.5, 0.6) is 11.5 Å². The molecule has 136 valence electrons. The van der Waals surface area contributed by atoms with Gasteiger partial charge in [-0.1, -0.05) is 19.1 Å². The number of ether oxygens (including phenoxy) is 2. The van der Waals surface area contributed by atoms with Gasteiger partial charge in [-0.15, -0.1) is 0 Å². The molecular formula is C20H22N2O4. The lowest BCUT2D eigenvalue weighted by atomic mass is 10.1. The maximum Gasteiger partial charge on any atom is 0.251 e. The van der Waals surface area contributed by atoms with E-state index in [9.17, 15) is 9.59 Å². The summed E-state index contributed by atoms with van der Waals surface area (Å²) in [5.74, 6) is 0.978. The minimum absolute atomic E-state index is 0.0889. The molecule has 3 rings (SSSR count). The maximum absolute atomic E-state index is 12.4. The summed E-state index contributed by atoms with van der Waals surface area (Å²) in [5.41, 5.74) is 1.83. The van der Waals surface area contributed by atoms with E-state index in [0.717, 1.165) is 12.0 Å². The van der Waals surface area contributed by atoms with Gasteiger partial charge in [-0.05, 0) is 49.2 Å². The van der Waals surface area contributed by atoms with Crippen molar-refractivity contribution in [2.75, 3.05) is 6.79 Å². The third kappa shape index (κ3) is 4.14. The van der Waals surface area contributed by atoms with Crippen molar-refractivity contribution in [3.8, 4) is 11.5 Å². The number of carbonyl (C=O) groups excluding carboxylic acids is 2. The Hall–Kier alpha value is -3.02. The first-order valence-electron chi connectivity index (χ1n) is 8.64. The number of amides is 2. The Labute approximate surface area is 152 Å². The molecule has 0 bridgehead atoms. The molecule has 1 atom stereocenters. The van der Waals surface area contributed by atoms with E-state index in [2.05, 4.69) is 10.6 Å². The first-order valence-corrected chi connectivity index (χ1v) is 8.64. The van der Waals surface area contributed by atoms with Crippen LogP contribution in [0.1, 0.15) is 46.5 Å². The van der Waals surface area contributed by atoms with Crippen molar-refractivity contribution in [1.82, 2.24) is 10.6 Å². The largest absolute Gasteiger partial charge is 0.454 e. The molecule has 1 unspecified atom stereocenters. The molecule has 2 aromatic rings. The first-order chi connectivity index (χ1) is 12.6. The summed E-state index contributed by atoms with van der Waals surface area (Å²) in [7, 11) is 0. The molecule has 0 radical (unpaired) electrons. The zero-order valence-electron chi connectivity index (χ0n) is 14.9. The highest BCUT2D eigenvalue weighted by molar-refractivity contribution is 5.99. The van der Waals surface area contributed by atoms with Crippen molar-refractivity contribution < 1.29 is 19.1 Å². The van der Waals surface area contributed by atoms with E-state index in [1.807, 2.05) is 32.0 Å². The molecular weight excluding hydrogens is 332 g/mol. The predicted molar refractivity (Wildman–Crippen MR) is 97.4 cm³/mol. The van der Waals surface area contributed by atoms with Crippen LogP contribution in [0.4, 0.5) is 0 Å². The van der Waals surface area contributed by atoms with Crippen LogP contribution in [0.2, 0.25) is 0 Å². The van der Waals surface area contributed by atoms with E-state index in [0.29, 0.717) is 29.2 Å². The van der Waals surface area contributed by atoms with E-state index < -0.39 is 0 Å². The Kier molecular flexibility index (Phi) is 5.41. The first kappa shape index (κ1) is 17.8. The number of hydrogen-bond acceptors (Lipinski definition) is 4. The number of carbonyl (C=O) groups is 2. The standard InChI is InChI=1S/C20H22N2O4/c1-3-13(2)22-20(24)16-6-4-5-15(10-16)19(23)21-11-14-7-8-17-18(9-14)26-12-25-17/h4-10,13H,3,11-12H2,1-2H3,(H,21,23)(H,22,24). The number of hydrogen-bond donors (Lipinski definition) is 2. The monoisotopic (exact) mass is 354 g/mol. The van der Waals surface area contributed by atoms with Gasteiger partial charge in [0, 0.05) is 23.7 Å². The summed E-state index contributed by atoms with van der Waals surface area (Å²) in [4.78, 5) is 24.6. The topological polar surface area (TPSA) is 76.7 Å². The smallest absolute Gasteiger partial charge is 0.251 e. The predicted octanol–water partition coefficient (Wildman–Crippen LogP) is 2.87. The Balaban J connectivity index is 1.63. The number of benzene rings is 2. The Morgan fingerprint density at radius 1 is 1.04 bits per heavy atom. The maximum atomic E-state index is 12.4. The van der Waals surface area contributed by atoms with Crippen LogP contribution in [0, 0.1) is 0 Å². The fourth-order valence-electron chi connectivity index (χ4n) is 2.55. The number of rotatable bonds is 6. The highest BCUT2D eigenvalue weighted by Crippen LogP contribution is 2.32. The molecule has 2 N–H and O–H groups in total. The minimum Gasteiger partial charge on any atom is -0.454 e. The van der Waals surface area contributed by atoms with Gasteiger partial charge in [-0.3, -0.25) is 9.59 Å². The van der Waals surface area contributed by atoms with E-state index >= 15 is 0 Å². The van der Waals surface area contributed by atoms with E-state index in [-0.39, 0.29) is 24.6 Å². The SMILES string of the molecule is CCC(C)NC(=O)c1cccc(C(=O)NCc2ccc3c(c2)OCO3)c1. The molecule has 1 aliphatic rings. The molecule has 1 aliphatic heterocycles. The third-order valence-electron chi connectivity index (χ3n) is 4.27. The fraction of sp³-hybridized carbons (Fsp3) is 0.300. The van der Waals surface area contributed by atoms with Crippen LogP contribution in [0.25, 0.3) is 0 Å². The Bertz CT molecular complexity index is 819. The minimum atomic E-state index is -0.235. The second-order valence-electron chi connectivity index (χ2n) is 6.23. The van der Waals surface area contributed by atoms with E-state index in [4.69, 9.17) is 9.47 Å². The van der Waals surface area contributed by atoms with Gasteiger partial charge < -0.3 is 20.1 Å². The van der Waals surface area contributed by atoms with Gasteiger partial charge in [-0.25, -0.2) is 0 Å². The van der Waals surface area contributed by atoms with Gasteiger partial charge >= 0.3 is 0 Å². The summed E-state index contributed by atoms with van der Waals surface area (Å²) in [6.07, 6.45) is 0.849. The lowest BCUT2D eigenvalue weighted by Crippen LogP contribution is -2.32. The lowest BCUT2D eigenvalue weighted by molar-refractivity contribution is 0.0939. The van der Waals surface area contributed by atoms with Gasteiger partial charge in [0.15, 0.2) is 11.5 Å². The van der Waals surface area contributed by atoms with Crippen molar-refractivity contribution in [2.45, 2.75) is 32.9 Å². The van der Waals surface area contributed by atoms with Crippen molar-refractivity contribution in [1.29, 1.82) is 0 Å². The molecule has 0 aromatic heterocycles. The van der Waals surface area contributed by atoms with Crippen LogP contribution >= 0.6 is 0 Å². The average Bonchev–Trinajstić information content (AvgIpc) is 3.13. The molecule has 6 nitrogen and oxygen atoms in total. The molecule has 0 aliphatic carbocycles. The molecule has 0 saturated carbocycles. The highest BCUT2D eigenvalue weighted by Gasteiger charge is 2.15. The van der Waals surface area contributed by atoms with Crippen LogP contribution in [-0.2, 0) is 6.54 Å². The molecule has 1 heterocycles. The molecule has 2 amide bonds. The number of fused-ring (bicyclic) bond motifs is 1.